The van der Waals surface area contributed by atoms with E-state index < -0.39 is 28.6 Å². The Hall–Kier alpha value is -6.10. The molecule has 2 aliphatic rings. The number of hydrogen-bond donors (Lipinski definition) is 0. The molecule has 1 unspecified atom stereocenters. The van der Waals surface area contributed by atoms with Crippen LogP contribution >= 0.6 is 28.6 Å². The van der Waals surface area contributed by atoms with Crippen LogP contribution in [0.25, 0.3) is 0 Å². The molecule has 2 aliphatic carbocycles. The lowest BCUT2D eigenvalue weighted by Gasteiger charge is -2.25. The van der Waals surface area contributed by atoms with Gasteiger partial charge in [0.05, 0.1) is 0 Å². The van der Waals surface area contributed by atoms with E-state index in [1.807, 2.05) is 255 Å². The Bertz CT molecular complexity index is 2940. The van der Waals surface area contributed by atoms with E-state index in [1.54, 1.807) is 0 Å². The van der Waals surface area contributed by atoms with Gasteiger partial charge in [-0.1, -0.05) is 255 Å². The Kier molecular flexibility index (Phi) is 12.5. The molecule has 0 saturated heterocycles. The molecule has 0 aromatic heterocycles. The Morgan fingerprint density at radius 3 is 0.938 bits per heavy atom. The van der Waals surface area contributed by atoms with Gasteiger partial charge in [-0.3, -0.25) is 0 Å². The van der Waals surface area contributed by atoms with Gasteiger partial charge < -0.3 is 18.3 Å². The Labute approximate surface area is 376 Å². The van der Waals surface area contributed by atoms with E-state index in [1.165, 1.54) is 0 Å². The van der Waals surface area contributed by atoms with Crippen molar-refractivity contribution in [3.8, 4) is 0 Å². The largest absolute Gasteiger partial charge is 0.309 e. The second-order valence-corrected chi connectivity index (χ2v) is 26.7. The van der Waals surface area contributed by atoms with Crippen LogP contribution in [0.4, 0.5) is 0 Å². The van der Waals surface area contributed by atoms with E-state index >= 15 is 18.3 Å². The average Bonchev–Trinajstić information content (AvgIpc) is 3.84. The first-order chi connectivity index (χ1) is 31.3. The van der Waals surface area contributed by atoms with Crippen molar-refractivity contribution in [2.45, 2.75) is 12.8 Å². The molecule has 0 heterocycles. The number of hydrogen-bond acceptors (Lipinski definition) is 4. The summed E-state index contributed by atoms with van der Waals surface area (Å²) in [5.41, 5.74) is 0. The Morgan fingerprint density at radius 2 is 0.578 bits per heavy atom. The topological polar surface area (TPSA) is 68.3 Å². The van der Waals surface area contributed by atoms with E-state index in [2.05, 4.69) is 0 Å². The quantitative estimate of drug-likeness (QED) is 0.115. The molecule has 0 aliphatic heterocycles. The molecule has 64 heavy (non-hydrogen) atoms. The fraction of sp³-hybridized carbons (Fsp3) is 0.0357. The van der Waals surface area contributed by atoms with Gasteiger partial charge in [0.1, 0.15) is 0 Å². The minimum Gasteiger partial charge on any atom is -0.309 e. The highest BCUT2D eigenvalue weighted by Gasteiger charge is 2.37. The molecule has 0 bridgehead atoms. The number of benzene rings is 7. The lowest BCUT2D eigenvalue weighted by molar-refractivity contribution is 0.589. The third kappa shape index (κ3) is 7.91. The van der Waals surface area contributed by atoms with E-state index in [0.29, 0.717) is 59.5 Å². The maximum absolute atomic E-state index is 16.4. The zero-order chi connectivity index (χ0) is 44.0. The maximum Gasteiger partial charge on any atom is 0.171 e. The van der Waals surface area contributed by atoms with Crippen molar-refractivity contribution in [3.63, 3.8) is 0 Å². The molecule has 0 radical (unpaired) electrons. The van der Waals surface area contributed by atoms with Gasteiger partial charge in [0.15, 0.2) is 28.6 Å². The SMILES string of the molecule is O=P(C1=CC=CCC=C1)(C1=CCC=CC=C1)c1ccc(P(=O)(c2ccc(P(=O)(c3ccccc3)c3ccccc3)cc2)c2ccc(P(=O)(c3ccccc3)c3ccccc3)cc2)cc1. The first-order valence-corrected chi connectivity index (χ1v) is 28.1. The van der Waals surface area contributed by atoms with Crippen LogP contribution in [0.5, 0.6) is 0 Å². The molecular formula is C56H46O4P4. The van der Waals surface area contributed by atoms with Crippen LogP contribution in [0.15, 0.2) is 266 Å². The third-order valence-electron chi connectivity index (χ3n) is 11.9. The van der Waals surface area contributed by atoms with Crippen molar-refractivity contribution < 1.29 is 18.3 Å². The van der Waals surface area contributed by atoms with Gasteiger partial charge in [-0.15, -0.1) is 0 Å². The van der Waals surface area contributed by atoms with Gasteiger partial charge in [-0.2, -0.15) is 0 Å². The van der Waals surface area contributed by atoms with Crippen LogP contribution < -0.4 is 53.0 Å². The van der Waals surface area contributed by atoms with Crippen molar-refractivity contribution in [1.29, 1.82) is 0 Å². The van der Waals surface area contributed by atoms with Crippen molar-refractivity contribution in [1.82, 2.24) is 0 Å². The summed E-state index contributed by atoms with van der Waals surface area (Å²) in [6.07, 6.45) is 21.2. The summed E-state index contributed by atoms with van der Waals surface area (Å²) in [5, 5.41) is 7.80. The van der Waals surface area contributed by atoms with Crippen LogP contribution in [-0.2, 0) is 18.3 Å². The van der Waals surface area contributed by atoms with E-state index in [-0.39, 0.29) is 0 Å². The van der Waals surface area contributed by atoms with Crippen LogP contribution in [0, 0.1) is 0 Å². The van der Waals surface area contributed by atoms with Gasteiger partial charge in [0, 0.05) is 63.7 Å². The molecule has 1 atom stereocenters. The number of rotatable bonds is 12. The molecule has 0 saturated carbocycles. The summed E-state index contributed by atoms with van der Waals surface area (Å²) in [6, 6.07) is 60.1. The molecule has 7 aromatic carbocycles. The van der Waals surface area contributed by atoms with Gasteiger partial charge in [0.25, 0.3) is 0 Å². The molecule has 4 nitrogen and oxygen atoms in total. The Morgan fingerprint density at radius 1 is 0.266 bits per heavy atom. The average molecular weight is 907 g/mol. The molecule has 0 spiro atoms. The first kappa shape index (κ1) is 43.2. The third-order valence-corrected chi connectivity index (χ3v) is 24.2. The highest BCUT2D eigenvalue weighted by Crippen LogP contribution is 2.61. The highest BCUT2D eigenvalue weighted by molar-refractivity contribution is 7.86. The highest BCUT2D eigenvalue weighted by atomic mass is 31.2. The molecule has 314 valence electrons. The predicted octanol–water partition coefficient (Wildman–Crippen LogP) is 10.4. The second-order valence-electron chi connectivity index (χ2n) is 15.6. The lowest BCUT2D eigenvalue weighted by atomic mass is 10.3. The van der Waals surface area contributed by atoms with Gasteiger partial charge in [-0.05, 0) is 12.8 Å². The zero-order valence-electron chi connectivity index (χ0n) is 35.1. The van der Waals surface area contributed by atoms with Gasteiger partial charge >= 0.3 is 0 Å². The summed E-state index contributed by atoms with van der Waals surface area (Å²) < 4.78 is 62.8. The van der Waals surface area contributed by atoms with Crippen LogP contribution in [-0.4, -0.2) is 0 Å². The van der Waals surface area contributed by atoms with E-state index in [4.69, 9.17) is 0 Å². The molecule has 7 aromatic rings. The van der Waals surface area contributed by atoms with Crippen molar-refractivity contribution >= 4 is 81.6 Å². The smallest absolute Gasteiger partial charge is 0.171 e. The van der Waals surface area contributed by atoms with Crippen molar-refractivity contribution in [2.24, 2.45) is 0 Å². The van der Waals surface area contributed by atoms with E-state index in [0.717, 1.165) is 17.0 Å². The number of allylic oxidation sites excluding steroid dienone is 12. The molecule has 0 amide bonds. The first-order valence-electron chi connectivity index (χ1n) is 21.3. The fourth-order valence-corrected chi connectivity index (χ4v) is 19.2. The summed E-state index contributed by atoms with van der Waals surface area (Å²) in [5.74, 6) is 0. The van der Waals surface area contributed by atoms with Crippen molar-refractivity contribution in [2.75, 3.05) is 0 Å². The summed E-state index contributed by atoms with van der Waals surface area (Å²) in [6.45, 7) is 0. The molecule has 9 rings (SSSR count). The lowest BCUT2D eigenvalue weighted by Crippen LogP contribution is -2.30. The molecule has 0 fully saturated rings. The summed E-state index contributed by atoms with van der Waals surface area (Å²) in [7, 11) is -13.7. The van der Waals surface area contributed by atoms with Gasteiger partial charge in [-0.25, -0.2) is 0 Å². The van der Waals surface area contributed by atoms with Gasteiger partial charge in [0.2, 0.25) is 0 Å². The molecule has 8 heteroatoms. The van der Waals surface area contributed by atoms with E-state index in [9.17, 15) is 0 Å². The zero-order valence-corrected chi connectivity index (χ0v) is 38.7. The Balaban J connectivity index is 1.20. The fourth-order valence-electron chi connectivity index (χ4n) is 8.54. The summed E-state index contributed by atoms with van der Waals surface area (Å²) in [4.78, 5) is 0. The predicted molar refractivity (Wildman–Crippen MR) is 274 cm³/mol. The minimum atomic E-state index is -3.71. The minimum absolute atomic E-state index is 0.543. The van der Waals surface area contributed by atoms with Crippen LogP contribution in [0.1, 0.15) is 12.8 Å². The summed E-state index contributed by atoms with van der Waals surface area (Å²) >= 11 is 0. The molecular weight excluding hydrogens is 861 g/mol. The normalized spacial score (nSPS) is 15.1. The monoisotopic (exact) mass is 906 g/mol. The standard InChI is InChI=1S/C56H46O4P4/c57-61(45-21-9-1-2-10-22-45,46-23-11-3-4-12-24-46)51-33-39-54(40-34-51)64(60,55-41-35-52(36-42-55)62(58,47-25-13-5-14-26-47)48-27-15-6-16-28-48)56-43-37-53(38-44-56)63(59,49-29-17-7-18-30-49)50-31-19-8-20-32-50/h1-3,5-9,11-44H,4,10H2. The van der Waals surface area contributed by atoms with Crippen molar-refractivity contribution in [3.05, 3.63) is 266 Å². The van der Waals surface area contributed by atoms with Crippen LogP contribution in [0.2, 0.25) is 0 Å². The second kappa shape index (κ2) is 18.6. The van der Waals surface area contributed by atoms with Crippen LogP contribution in [0.3, 0.4) is 0 Å². The maximum atomic E-state index is 16.4. The molecule has 0 N–H and O–H groups in total.